The molecule has 208 valence electrons. The molecule has 1 heterocycles. The van der Waals surface area contributed by atoms with Gasteiger partial charge in [0.05, 0.1) is 13.7 Å². The molecule has 8 heteroatoms. The Kier molecular flexibility index (Phi) is 12.2. The maximum absolute atomic E-state index is 13.7. The monoisotopic (exact) mass is 517 g/mol. The first-order valence-corrected chi connectivity index (χ1v) is 14.2. The van der Waals surface area contributed by atoms with Gasteiger partial charge in [-0.2, -0.15) is 0 Å². The van der Waals surface area contributed by atoms with Gasteiger partial charge >= 0.3 is 12.0 Å². The van der Waals surface area contributed by atoms with Gasteiger partial charge in [-0.1, -0.05) is 13.0 Å². The summed E-state index contributed by atoms with van der Waals surface area (Å²) in [7, 11) is 1.44. The summed E-state index contributed by atoms with van der Waals surface area (Å²) in [5, 5.41) is 3.18. The molecule has 8 nitrogen and oxygen atoms in total. The highest BCUT2D eigenvalue weighted by Gasteiger charge is 2.31. The van der Waals surface area contributed by atoms with Crippen molar-refractivity contribution in [2.75, 3.05) is 51.8 Å². The minimum Gasteiger partial charge on any atom is -0.469 e. The van der Waals surface area contributed by atoms with Crippen LogP contribution in [0.15, 0.2) is 18.2 Å². The van der Waals surface area contributed by atoms with E-state index in [-0.39, 0.29) is 18.0 Å². The zero-order valence-electron chi connectivity index (χ0n) is 23.3. The fourth-order valence-corrected chi connectivity index (χ4v) is 5.61. The minimum atomic E-state index is -0.454. The number of nitrogens with zero attached hydrogens (tertiary/aromatic N) is 2. The number of anilines is 1. The smallest absolute Gasteiger partial charge is 0.322 e. The van der Waals surface area contributed by atoms with Crippen molar-refractivity contribution in [1.29, 1.82) is 0 Å². The molecule has 0 saturated heterocycles. The number of hydrogen-bond acceptors (Lipinski definition) is 6. The van der Waals surface area contributed by atoms with Crippen LogP contribution >= 0.6 is 0 Å². The quantitative estimate of drug-likeness (QED) is 0.315. The van der Waals surface area contributed by atoms with Gasteiger partial charge in [0.15, 0.2) is 6.29 Å². The van der Waals surface area contributed by atoms with Crippen molar-refractivity contribution in [3.63, 3.8) is 0 Å². The van der Waals surface area contributed by atoms with E-state index in [9.17, 15) is 9.59 Å². The zero-order valence-corrected chi connectivity index (χ0v) is 23.3. The molecule has 0 bridgehead atoms. The second kappa shape index (κ2) is 15.3. The van der Waals surface area contributed by atoms with Crippen LogP contribution in [0.4, 0.5) is 10.5 Å². The topological polar surface area (TPSA) is 80.3 Å². The first kappa shape index (κ1) is 29.4. The summed E-state index contributed by atoms with van der Waals surface area (Å²) < 4.78 is 16.4. The lowest BCUT2D eigenvalue weighted by Crippen LogP contribution is -2.49. The molecular formula is C29H47N3O5. The third-order valence-electron chi connectivity index (χ3n) is 7.85. The van der Waals surface area contributed by atoms with Gasteiger partial charge in [-0.05, 0) is 94.5 Å². The molecule has 0 unspecified atom stereocenters. The van der Waals surface area contributed by atoms with Crippen molar-refractivity contribution in [3.8, 4) is 0 Å². The number of carbonyl (C=O) groups excluding carboxylic acids is 2. The van der Waals surface area contributed by atoms with Crippen LogP contribution in [0.25, 0.3) is 0 Å². The Morgan fingerprint density at radius 1 is 1.03 bits per heavy atom. The standard InChI is InChI=1S/C29H47N3O5/c1-5-31-18-16-23-11-12-25(20-24(23)17-19-31)30-29(34)32(21-28(36-6-2)37-7-3)26-13-8-22(9-14-26)10-15-27(33)35-4/h11-12,20,22,26,28H,5-10,13-19,21H2,1-4H3,(H,30,34)/t22-,26-. The molecule has 2 amide bonds. The number of carbonyl (C=O) groups is 2. The fourth-order valence-electron chi connectivity index (χ4n) is 5.61. The Morgan fingerprint density at radius 2 is 1.70 bits per heavy atom. The molecule has 1 aromatic rings. The van der Waals surface area contributed by atoms with Crippen LogP contribution in [0.3, 0.4) is 0 Å². The summed E-state index contributed by atoms with van der Waals surface area (Å²) in [5.74, 6) is 0.338. The van der Waals surface area contributed by atoms with E-state index in [1.807, 2.05) is 24.8 Å². The lowest BCUT2D eigenvalue weighted by atomic mass is 9.83. The summed E-state index contributed by atoms with van der Waals surface area (Å²) in [6, 6.07) is 6.35. The van der Waals surface area contributed by atoms with E-state index in [2.05, 4.69) is 29.3 Å². The summed E-state index contributed by atoms with van der Waals surface area (Å²) in [6.45, 7) is 10.7. The van der Waals surface area contributed by atoms with Crippen molar-refractivity contribution in [1.82, 2.24) is 9.80 Å². The molecule has 1 fully saturated rings. The Balaban J connectivity index is 1.68. The third-order valence-corrected chi connectivity index (χ3v) is 7.85. The highest BCUT2D eigenvalue weighted by molar-refractivity contribution is 5.89. The van der Waals surface area contributed by atoms with Gasteiger partial charge in [0.25, 0.3) is 0 Å². The van der Waals surface area contributed by atoms with Gasteiger partial charge in [0.1, 0.15) is 0 Å². The van der Waals surface area contributed by atoms with Crippen molar-refractivity contribution in [2.45, 2.75) is 84.5 Å². The maximum Gasteiger partial charge on any atom is 0.322 e. The van der Waals surface area contributed by atoms with Crippen molar-refractivity contribution in [3.05, 3.63) is 29.3 Å². The molecular weight excluding hydrogens is 470 g/mol. The van der Waals surface area contributed by atoms with Gasteiger partial charge in [-0.15, -0.1) is 0 Å². The molecule has 0 aromatic heterocycles. The Morgan fingerprint density at radius 3 is 2.32 bits per heavy atom. The average Bonchev–Trinajstić information content (AvgIpc) is 3.12. The molecule has 0 atom stereocenters. The number of fused-ring (bicyclic) bond motifs is 1. The second-order valence-corrected chi connectivity index (χ2v) is 10.1. The van der Waals surface area contributed by atoms with E-state index in [0.717, 1.165) is 70.3 Å². The summed E-state index contributed by atoms with van der Waals surface area (Å²) in [5.41, 5.74) is 3.55. The number of hydrogen-bond donors (Lipinski definition) is 1. The molecule has 1 aliphatic carbocycles. The number of methoxy groups -OCH3 is 1. The van der Waals surface area contributed by atoms with Crippen LogP contribution < -0.4 is 5.32 Å². The number of rotatable bonds is 12. The Hall–Kier alpha value is -2.16. The van der Waals surface area contributed by atoms with Crippen molar-refractivity contribution < 1.29 is 23.8 Å². The van der Waals surface area contributed by atoms with Crippen molar-refractivity contribution >= 4 is 17.7 Å². The Labute approximate surface area is 223 Å². The third kappa shape index (κ3) is 8.97. The fraction of sp³-hybridized carbons (Fsp3) is 0.724. The lowest BCUT2D eigenvalue weighted by Gasteiger charge is -2.38. The van der Waals surface area contributed by atoms with Gasteiger partial charge in [-0.3, -0.25) is 4.79 Å². The minimum absolute atomic E-state index is 0.105. The summed E-state index contributed by atoms with van der Waals surface area (Å²) in [6.07, 6.45) is 6.69. The second-order valence-electron chi connectivity index (χ2n) is 10.1. The Bertz CT molecular complexity index is 850. The molecule has 1 saturated carbocycles. The molecule has 1 aliphatic heterocycles. The number of nitrogens with one attached hydrogen (secondary N) is 1. The SMILES string of the molecule is CCOC(CN(C(=O)Nc1ccc2c(c1)CCN(CC)CC2)[C@H]1CC[C@H](CCC(=O)OC)CC1)OCC. The predicted octanol–water partition coefficient (Wildman–Crippen LogP) is 4.85. The lowest BCUT2D eigenvalue weighted by molar-refractivity contribution is -0.146. The molecule has 1 N–H and O–H groups in total. The van der Waals surface area contributed by atoms with Crippen LogP contribution in [0.5, 0.6) is 0 Å². The number of likely N-dealkylation sites (N-methyl/N-ethyl adjacent to an activating group) is 1. The number of amides is 2. The first-order chi connectivity index (χ1) is 18.0. The number of ether oxygens (including phenoxy) is 3. The van der Waals surface area contributed by atoms with E-state index in [1.165, 1.54) is 18.2 Å². The van der Waals surface area contributed by atoms with Gasteiger partial charge < -0.3 is 29.3 Å². The first-order valence-electron chi connectivity index (χ1n) is 14.2. The van der Waals surface area contributed by atoms with Crippen molar-refractivity contribution in [2.24, 2.45) is 5.92 Å². The molecule has 37 heavy (non-hydrogen) atoms. The molecule has 3 rings (SSSR count). The highest BCUT2D eigenvalue weighted by Crippen LogP contribution is 2.31. The molecule has 0 radical (unpaired) electrons. The number of urea groups is 1. The van der Waals surface area contributed by atoms with E-state index >= 15 is 0 Å². The highest BCUT2D eigenvalue weighted by atomic mass is 16.7. The van der Waals surface area contributed by atoms with E-state index < -0.39 is 6.29 Å². The van der Waals surface area contributed by atoms with Crippen LogP contribution in [0.2, 0.25) is 0 Å². The normalized spacial score (nSPS) is 20.2. The van der Waals surface area contributed by atoms with Crippen LogP contribution in [0, 0.1) is 5.92 Å². The van der Waals surface area contributed by atoms with Crippen LogP contribution in [-0.2, 0) is 31.8 Å². The van der Waals surface area contributed by atoms with Gasteiger partial charge in [-0.25, -0.2) is 4.79 Å². The molecule has 0 spiro atoms. The van der Waals surface area contributed by atoms with E-state index in [1.54, 1.807) is 0 Å². The molecule has 1 aromatic carbocycles. The largest absolute Gasteiger partial charge is 0.469 e. The van der Waals surface area contributed by atoms with Gasteiger partial charge in [0.2, 0.25) is 0 Å². The summed E-state index contributed by atoms with van der Waals surface area (Å²) >= 11 is 0. The molecule has 2 aliphatic rings. The van der Waals surface area contributed by atoms with Gasteiger partial charge in [0, 0.05) is 44.5 Å². The van der Waals surface area contributed by atoms with Crippen LogP contribution in [0.1, 0.15) is 70.4 Å². The zero-order chi connectivity index (χ0) is 26.6. The van der Waals surface area contributed by atoms with E-state index in [4.69, 9.17) is 14.2 Å². The predicted molar refractivity (Wildman–Crippen MR) is 146 cm³/mol. The number of esters is 1. The van der Waals surface area contributed by atoms with Crippen LogP contribution in [-0.4, -0.2) is 80.6 Å². The number of benzene rings is 1. The maximum atomic E-state index is 13.7. The van der Waals surface area contributed by atoms with E-state index in [0.29, 0.717) is 32.1 Å². The average molecular weight is 518 g/mol. The summed E-state index contributed by atoms with van der Waals surface area (Å²) in [4.78, 5) is 29.6.